The number of benzene rings is 1. The lowest BCUT2D eigenvalue weighted by Gasteiger charge is -2.30. The summed E-state index contributed by atoms with van der Waals surface area (Å²) in [4.78, 5) is 10.3. The summed E-state index contributed by atoms with van der Waals surface area (Å²) in [6, 6.07) is 1.99. The molecule has 1 atom stereocenters. The Kier molecular flexibility index (Phi) is 5.08. The van der Waals surface area contributed by atoms with Gasteiger partial charge in [-0.1, -0.05) is 18.5 Å². The molecule has 0 heterocycles. The Morgan fingerprint density at radius 1 is 1.58 bits per heavy atom. The van der Waals surface area contributed by atoms with Crippen molar-refractivity contribution >= 4 is 23.0 Å². The van der Waals surface area contributed by atoms with E-state index in [1.165, 1.54) is 6.07 Å². The molecule has 0 spiro atoms. The van der Waals surface area contributed by atoms with Crippen LogP contribution < -0.4 is 5.32 Å². The first-order valence-corrected chi connectivity index (χ1v) is 6.23. The topological polar surface area (TPSA) is 75.4 Å². The summed E-state index contributed by atoms with van der Waals surface area (Å²) in [5.41, 5.74) is -0.755. The van der Waals surface area contributed by atoms with Gasteiger partial charge in [-0.2, -0.15) is 0 Å². The average Bonchev–Trinajstić information content (AvgIpc) is 2.33. The molecule has 0 aliphatic rings. The molecule has 0 amide bonds. The van der Waals surface area contributed by atoms with E-state index in [0.717, 1.165) is 6.07 Å². The average molecular weight is 291 g/mol. The minimum atomic E-state index is -0.834. The molecule has 0 aliphatic heterocycles. The zero-order valence-corrected chi connectivity index (χ0v) is 11.5. The number of halogens is 2. The van der Waals surface area contributed by atoms with Crippen LogP contribution in [0.2, 0.25) is 5.02 Å². The van der Waals surface area contributed by atoms with Gasteiger partial charge in [-0.15, -0.1) is 0 Å². The van der Waals surface area contributed by atoms with E-state index in [1.54, 1.807) is 0 Å². The molecule has 0 aromatic heterocycles. The van der Waals surface area contributed by atoms with E-state index in [0.29, 0.717) is 12.8 Å². The summed E-state index contributed by atoms with van der Waals surface area (Å²) in [6.07, 6.45) is 1.05. The molecule has 0 saturated carbocycles. The summed E-state index contributed by atoms with van der Waals surface area (Å²) < 4.78 is 13.3. The molecule has 2 N–H and O–H groups in total. The van der Waals surface area contributed by atoms with Gasteiger partial charge in [0.15, 0.2) is 0 Å². The maximum Gasteiger partial charge on any atom is 0.295 e. The second-order valence-corrected chi connectivity index (χ2v) is 4.96. The number of anilines is 1. The van der Waals surface area contributed by atoms with Crippen molar-refractivity contribution in [3.8, 4) is 0 Å². The zero-order chi connectivity index (χ0) is 14.6. The standard InChI is InChI=1S/C12H16ClFN2O3/c1-3-12(2,4-5-17)15-10-6-8(13)9(14)7-11(10)16(18)19/h6-7,15,17H,3-5H2,1-2H3. The molecule has 19 heavy (non-hydrogen) atoms. The van der Waals surface area contributed by atoms with Crippen LogP contribution in [0.1, 0.15) is 26.7 Å². The summed E-state index contributed by atoms with van der Waals surface area (Å²) in [6.45, 7) is 3.66. The third-order valence-corrected chi connectivity index (χ3v) is 3.41. The summed E-state index contributed by atoms with van der Waals surface area (Å²) >= 11 is 5.65. The number of aliphatic hydroxyl groups excluding tert-OH is 1. The van der Waals surface area contributed by atoms with Gasteiger partial charge >= 0.3 is 0 Å². The van der Waals surface area contributed by atoms with E-state index in [-0.39, 0.29) is 23.0 Å². The van der Waals surface area contributed by atoms with Crippen LogP contribution in [-0.2, 0) is 0 Å². The quantitative estimate of drug-likeness (QED) is 0.622. The highest BCUT2D eigenvalue weighted by Crippen LogP contribution is 2.33. The Hall–Kier alpha value is -1.40. The molecule has 0 aliphatic carbocycles. The fourth-order valence-electron chi connectivity index (χ4n) is 1.69. The van der Waals surface area contributed by atoms with Gasteiger partial charge in [0, 0.05) is 12.1 Å². The highest BCUT2D eigenvalue weighted by Gasteiger charge is 2.26. The SMILES string of the molecule is CCC(C)(CCO)Nc1cc(Cl)c(F)cc1[N+](=O)[O-]. The largest absolute Gasteiger partial charge is 0.396 e. The van der Waals surface area contributed by atoms with Crippen LogP contribution in [0.4, 0.5) is 15.8 Å². The van der Waals surface area contributed by atoms with E-state index in [9.17, 15) is 14.5 Å². The number of hydrogen-bond acceptors (Lipinski definition) is 4. The van der Waals surface area contributed by atoms with E-state index in [1.807, 2.05) is 13.8 Å². The van der Waals surface area contributed by atoms with Gasteiger partial charge in [0.1, 0.15) is 11.5 Å². The Balaban J connectivity index is 3.18. The normalized spacial score (nSPS) is 13.9. The molecular weight excluding hydrogens is 275 g/mol. The summed E-state index contributed by atoms with van der Waals surface area (Å²) in [5, 5.41) is 22.7. The van der Waals surface area contributed by atoms with E-state index in [2.05, 4.69) is 5.32 Å². The fraction of sp³-hybridized carbons (Fsp3) is 0.500. The minimum absolute atomic E-state index is 0.0555. The number of aliphatic hydroxyl groups is 1. The van der Waals surface area contributed by atoms with Crippen LogP contribution in [0.15, 0.2) is 12.1 Å². The van der Waals surface area contributed by atoms with Crippen molar-refractivity contribution in [1.29, 1.82) is 0 Å². The van der Waals surface area contributed by atoms with Crippen molar-refractivity contribution in [3.63, 3.8) is 0 Å². The number of nitrogens with one attached hydrogen (secondary N) is 1. The van der Waals surface area contributed by atoms with Crippen molar-refractivity contribution in [3.05, 3.63) is 33.1 Å². The maximum absolute atomic E-state index is 13.3. The van der Waals surface area contributed by atoms with Gasteiger partial charge in [0.25, 0.3) is 5.69 Å². The first-order chi connectivity index (χ1) is 8.83. The molecule has 1 unspecified atom stereocenters. The molecule has 0 bridgehead atoms. The summed E-state index contributed by atoms with van der Waals surface area (Å²) in [5.74, 6) is -0.834. The monoisotopic (exact) mass is 290 g/mol. The predicted molar refractivity (Wildman–Crippen MR) is 72.1 cm³/mol. The van der Waals surface area contributed by atoms with Crippen LogP contribution in [-0.4, -0.2) is 22.2 Å². The molecule has 0 radical (unpaired) electrons. The Labute approximate surface area is 115 Å². The van der Waals surface area contributed by atoms with Gasteiger partial charge in [0.2, 0.25) is 0 Å². The smallest absolute Gasteiger partial charge is 0.295 e. The molecule has 106 valence electrons. The van der Waals surface area contributed by atoms with Crippen molar-refractivity contribution in [2.75, 3.05) is 11.9 Å². The van der Waals surface area contributed by atoms with Crippen molar-refractivity contribution in [2.45, 2.75) is 32.2 Å². The Morgan fingerprint density at radius 3 is 2.68 bits per heavy atom. The lowest BCUT2D eigenvalue weighted by molar-refractivity contribution is -0.384. The number of nitrogens with zero attached hydrogens (tertiary/aromatic N) is 1. The fourth-order valence-corrected chi connectivity index (χ4v) is 1.85. The van der Waals surface area contributed by atoms with Crippen LogP contribution >= 0.6 is 11.6 Å². The maximum atomic E-state index is 13.3. The number of rotatable bonds is 6. The molecule has 1 rings (SSSR count). The second-order valence-electron chi connectivity index (χ2n) is 4.55. The molecule has 1 aromatic rings. The Morgan fingerprint density at radius 2 is 2.21 bits per heavy atom. The number of hydrogen-bond donors (Lipinski definition) is 2. The van der Waals surface area contributed by atoms with Crippen LogP contribution in [0.3, 0.4) is 0 Å². The van der Waals surface area contributed by atoms with Gasteiger partial charge in [-0.25, -0.2) is 4.39 Å². The third kappa shape index (κ3) is 3.78. The van der Waals surface area contributed by atoms with E-state index >= 15 is 0 Å². The molecule has 5 nitrogen and oxygen atoms in total. The Bertz CT molecular complexity index is 484. The highest BCUT2D eigenvalue weighted by atomic mass is 35.5. The minimum Gasteiger partial charge on any atom is -0.396 e. The molecule has 0 saturated heterocycles. The van der Waals surface area contributed by atoms with Gasteiger partial charge in [0.05, 0.1) is 16.0 Å². The third-order valence-electron chi connectivity index (χ3n) is 3.12. The number of nitro groups is 1. The molecule has 7 heteroatoms. The van der Waals surface area contributed by atoms with E-state index in [4.69, 9.17) is 16.7 Å². The van der Waals surface area contributed by atoms with Crippen molar-refractivity contribution in [2.24, 2.45) is 0 Å². The van der Waals surface area contributed by atoms with Crippen molar-refractivity contribution in [1.82, 2.24) is 0 Å². The van der Waals surface area contributed by atoms with Gasteiger partial charge in [-0.3, -0.25) is 10.1 Å². The van der Waals surface area contributed by atoms with E-state index < -0.39 is 16.3 Å². The first-order valence-electron chi connectivity index (χ1n) is 5.85. The lowest BCUT2D eigenvalue weighted by atomic mass is 9.94. The second kappa shape index (κ2) is 6.16. The molecular formula is C12H16ClFN2O3. The van der Waals surface area contributed by atoms with Crippen LogP contribution in [0, 0.1) is 15.9 Å². The molecule has 0 fully saturated rings. The van der Waals surface area contributed by atoms with Gasteiger partial charge < -0.3 is 10.4 Å². The predicted octanol–water partition coefficient (Wildman–Crippen LogP) is 3.35. The van der Waals surface area contributed by atoms with Crippen LogP contribution in [0.5, 0.6) is 0 Å². The van der Waals surface area contributed by atoms with Gasteiger partial charge in [-0.05, 0) is 25.8 Å². The van der Waals surface area contributed by atoms with Crippen LogP contribution in [0.25, 0.3) is 0 Å². The molecule has 1 aromatic carbocycles. The number of nitro benzene ring substituents is 1. The summed E-state index contributed by atoms with van der Waals surface area (Å²) in [7, 11) is 0. The lowest BCUT2D eigenvalue weighted by Crippen LogP contribution is -2.35. The zero-order valence-electron chi connectivity index (χ0n) is 10.7. The highest BCUT2D eigenvalue weighted by molar-refractivity contribution is 6.31. The van der Waals surface area contributed by atoms with Crippen molar-refractivity contribution < 1.29 is 14.4 Å². The first kappa shape index (κ1) is 15.7.